The lowest BCUT2D eigenvalue weighted by molar-refractivity contribution is 0.139. The molecule has 1 saturated carbocycles. The predicted octanol–water partition coefficient (Wildman–Crippen LogP) is 2.91. The molecule has 0 unspecified atom stereocenters. The smallest absolute Gasteiger partial charge is 0.00951 e. The average molecular weight is 169 g/mol. The number of nitrogens with zero attached hydrogens (tertiary/aromatic N) is 1. The Kier molecular flexibility index (Phi) is 3.57. The van der Waals surface area contributed by atoms with Crippen molar-refractivity contribution in [3.05, 3.63) is 0 Å². The Morgan fingerprint density at radius 2 is 1.58 bits per heavy atom. The highest BCUT2D eigenvalue weighted by Crippen LogP contribution is 2.27. The highest BCUT2D eigenvalue weighted by atomic mass is 15.1. The van der Waals surface area contributed by atoms with E-state index in [0.717, 1.165) is 12.0 Å². The van der Waals surface area contributed by atoms with E-state index in [1.165, 1.54) is 25.7 Å². The molecule has 72 valence electrons. The van der Waals surface area contributed by atoms with Crippen LogP contribution in [-0.4, -0.2) is 24.0 Å². The van der Waals surface area contributed by atoms with Crippen LogP contribution < -0.4 is 0 Å². The fourth-order valence-electron chi connectivity index (χ4n) is 2.07. The van der Waals surface area contributed by atoms with Gasteiger partial charge in [0.2, 0.25) is 0 Å². The minimum Gasteiger partial charge on any atom is -0.301 e. The molecule has 1 nitrogen and oxygen atoms in total. The van der Waals surface area contributed by atoms with Crippen molar-refractivity contribution in [1.82, 2.24) is 4.90 Å². The first kappa shape index (κ1) is 10.0. The molecule has 12 heavy (non-hydrogen) atoms. The maximum Gasteiger partial charge on any atom is 0.00951 e. The summed E-state index contributed by atoms with van der Waals surface area (Å²) in [6.07, 6.45) is 5.69. The van der Waals surface area contributed by atoms with E-state index in [1.807, 2.05) is 0 Å². The molecule has 0 amide bonds. The highest BCUT2D eigenvalue weighted by molar-refractivity contribution is 4.77. The van der Waals surface area contributed by atoms with Gasteiger partial charge in [-0.1, -0.05) is 6.92 Å². The molecule has 0 N–H and O–H groups in total. The van der Waals surface area contributed by atoms with E-state index >= 15 is 0 Å². The zero-order chi connectivity index (χ0) is 9.14. The van der Waals surface area contributed by atoms with Crippen molar-refractivity contribution in [3.8, 4) is 0 Å². The Morgan fingerprint density at radius 3 is 2.00 bits per heavy atom. The summed E-state index contributed by atoms with van der Waals surface area (Å²) in [7, 11) is 2.27. The van der Waals surface area contributed by atoms with Crippen molar-refractivity contribution >= 4 is 0 Å². The van der Waals surface area contributed by atoms with Crippen molar-refractivity contribution < 1.29 is 0 Å². The molecule has 0 aliphatic heterocycles. The Balaban J connectivity index is 2.34. The molecule has 1 rings (SSSR count). The van der Waals surface area contributed by atoms with Gasteiger partial charge in [-0.3, -0.25) is 0 Å². The summed E-state index contributed by atoms with van der Waals surface area (Å²) in [6.45, 7) is 6.96. The molecule has 0 atom stereocenters. The van der Waals surface area contributed by atoms with Crippen LogP contribution in [0.25, 0.3) is 0 Å². The second-order valence-electron chi connectivity index (χ2n) is 4.67. The molecule has 0 aromatic carbocycles. The van der Waals surface area contributed by atoms with E-state index in [-0.39, 0.29) is 0 Å². The molecular formula is C11H23N. The normalized spacial score (nSPS) is 31.5. The minimum atomic E-state index is 0.711. The van der Waals surface area contributed by atoms with Gasteiger partial charge in [0, 0.05) is 12.1 Å². The van der Waals surface area contributed by atoms with E-state index in [2.05, 4.69) is 32.7 Å². The first-order valence-corrected chi connectivity index (χ1v) is 5.33. The van der Waals surface area contributed by atoms with Crippen LogP contribution in [0.5, 0.6) is 0 Å². The van der Waals surface area contributed by atoms with Crippen LogP contribution in [0.1, 0.15) is 46.5 Å². The molecule has 0 bridgehead atoms. The first-order chi connectivity index (χ1) is 5.61. The van der Waals surface area contributed by atoms with Gasteiger partial charge in [-0.2, -0.15) is 0 Å². The van der Waals surface area contributed by atoms with Crippen molar-refractivity contribution in [1.29, 1.82) is 0 Å². The topological polar surface area (TPSA) is 3.24 Å². The predicted molar refractivity (Wildman–Crippen MR) is 54.3 cm³/mol. The van der Waals surface area contributed by atoms with E-state index in [9.17, 15) is 0 Å². The molecule has 0 aromatic heterocycles. The second-order valence-corrected chi connectivity index (χ2v) is 4.67. The van der Waals surface area contributed by atoms with E-state index in [0.29, 0.717) is 6.04 Å². The van der Waals surface area contributed by atoms with Crippen molar-refractivity contribution in [2.24, 2.45) is 5.92 Å². The summed E-state index contributed by atoms with van der Waals surface area (Å²) in [4.78, 5) is 2.53. The average Bonchev–Trinajstić information content (AvgIpc) is 2.04. The van der Waals surface area contributed by atoms with E-state index < -0.39 is 0 Å². The lowest BCUT2D eigenvalue weighted by Crippen LogP contribution is -2.39. The van der Waals surface area contributed by atoms with Gasteiger partial charge in [0.1, 0.15) is 0 Å². The van der Waals surface area contributed by atoms with E-state index in [1.54, 1.807) is 0 Å². The molecule has 1 fully saturated rings. The lowest BCUT2D eigenvalue weighted by Gasteiger charge is -2.35. The zero-order valence-corrected chi connectivity index (χ0v) is 9.01. The maximum atomic E-state index is 2.53. The summed E-state index contributed by atoms with van der Waals surface area (Å²) < 4.78 is 0. The van der Waals surface area contributed by atoms with Gasteiger partial charge in [-0.05, 0) is 52.5 Å². The van der Waals surface area contributed by atoms with E-state index in [4.69, 9.17) is 0 Å². The molecule has 0 heterocycles. The fraction of sp³-hybridized carbons (Fsp3) is 1.00. The standard InChI is InChI=1S/C11H23N/c1-9(2)12(4)11-7-5-10(3)6-8-11/h9-11H,5-8H2,1-4H3/t10-,11-. The van der Waals surface area contributed by atoms with Crippen LogP contribution in [0, 0.1) is 5.92 Å². The van der Waals surface area contributed by atoms with Gasteiger partial charge in [-0.25, -0.2) is 0 Å². The molecule has 0 spiro atoms. The Bertz CT molecular complexity index is 123. The molecule has 0 aromatic rings. The first-order valence-electron chi connectivity index (χ1n) is 5.33. The minimum absolute atomic E-state index is 0.711. The highest BCUT2D eigenvalue weighted by Gasteiger charge is 2.22. The lowest BCUT2D eigenvalue weighted by atomic mass is 9.86. The molecule has 1 heteroatoms. The number of hydrogen-bond donors (Lipinski definition) is 0. The van der Waals surface area contributed by atoms with Gasteiger partial charge in [0.05, 0.1) is 0 Å². The van der Waals surface area contributed by atoms with Crippen LogP contribution in [0.3, 0.4) is 0 Å². The summed E-state index contributed by atoms with van der Waals surface area (Å²) in [5.41, 5.74) is 0. The van der Waals surface area contributed by atoms with Crippen LogP contribution in [0.15, 0.2) is 0 Å². The Labute approximate surface area is 77.1 Å². The molecule has 0 saturated heterocycles. The summed E-state index contributed by atoms with van der Waals surface area (Å²) in [5, 5.41) is 0. The van der Waals surface area contributed by atoms with Crippen LogP contribution in [-0.2, 0) is 0 Å². The van der Waals surface area contributed by atoms with Crippen molar-refractivity contribution in [2.45, 2.75) is 58.5 Å². The number of rotatable bonds is 2. The van der Waals surface area contributed by atoms with Gasteiger partial charge < -0.3 is 4.90 Å². The molecule has 1 aliphatic rings. The third kappa shape index (κ3) is 2.48. The molecule has 1 aliphatic carbocycles. The Morgan fingerprint density at radius 1 is 1.08 bits per heavy atom. The third-order valence-corrected chi connectivity index (χ3v) is 3.38. The zero-order valence-electron chi connectivity index (χ0n) is 9.01. The van der Waals surface area contributed by atoms with Crippen molar-refractivity contribution in [3.63, 3.8) is 0 Å². The quantitative estimate of drug-likeness (QED) is 0.614. The fourth-order valence-corrected chi connectivity index (χ4v) is 2.07. The second kappa shape index (κ2) is 4.27. The summed E-state index contributed by atoms with van der Waals surface area (Å²) in [5.74, 6) is 0.974. The van der Waals surface area contributed by atoms with Crippen LogP contribution in [0.2, 0.25) is 0 Å². The SMILES string of the molecule is CC(C)N(C)[C@H]1CC[C@H](C)CC1. The van der Waals surface area contributed by atoms with Crippen LogP contribution in [0.4, 0.5) is 0 Å². The molecule has 0 radical (unpaired) electrons. The monoisotopic (exact) mass is 169 g/mol. The largest absolute Gasteiger partial charge is 0.301 e. The summed E-state index contributed by atoms with van der Waals surface area (Å²) >= 11 is 0. The third-order valence-electron chi connectivity index (χ3n) is 3.38. The van der Waals surface area contributed by atoms with Crippen LogP contribution >= 0.6 is 0 Å². The van der Waals surface area contributed by atoms with Crippen molar-refractivity contribution in [2.75, 3.05) is 7.05 Å². The van der Waals surface area contributed by atoms with Gasteiger partial charge in [-0.15, -0.1) is 0 Å². The van der Waals surface area contributed by atoms with Gasteiger partial charge >= 0.3 is 0 Å². The van der Waals surface area contributed by atoms with Gasteiger partial charge in [0.25, 0.3) is 0 Å². The maximum absolute atomic E-state index is 2.53. The summed E-state index contributed by atoms with van der Waals surface area (Å²) in [6, 6.07) is 1.57. The number of hydrogen-bond acceptors (Lipinski definition) is 1. The molecular weight excluding hydrogens is 146 g/mol. The Hall–Kier alpha value is -0.0400. The van der Waals surface area contributed by atoms with Gasteiger partial charge in [0.15, 0.2) is 0 Å².